The maximum absolute atomic E-state index is 12.5. The maximum Gasteiger partial charge on any atom is 0.266 e. The van der Waals surface area contributed by atoms with Crippen LogP contribution in [0.2, 0.25) is 0 Å². The van der Waals surface area contributed by atoms with Crippen molar-refractivity contribution in [2.24, 2.45) is 10.7 Å². The Kier molecular flexibility index (Phi) is 5.61. The van der Waals surface area contributed by atoms with E-state index >= 15 is 0 Å². The first-order valence-corrected chi connectivity index (χ1v) is 9.08. The number of likely N-dealkylation sites (N-methyl/N-ethyl adjacent to an activating group) is 1. The fourth-order valence-corrected chi connectivity index (χ4v) is 3.37. The SMILES string of the molecule is Cc1ccc(N=C2S/C(=C/c3cccc(OCC(N)=O)c3)C(=O)N2C)cc1. The van der Waals surface area contributed by atoms with Gasteiger partial charge < -0.3 is 10.5 Å². The number of aryl methyl sites for hydroxylation is 1. The Morgan fingerprint density at radius 3 is 2.70 bits per heavy atom. The highest BCUT2D eigenvalue weighted by atomic mass is 32.2. The molecule has 0 saturated carbocycles. The van der Waals surface area contributed by atoms with E-state index in [1.54, 1.807) is 31.3 Å². The van der Waals surface area contributed by atoms with Gasteiger partial charge in [0.05, 0.1) is 10.6 Å². The molecule has 3 rings (SSSR count). The Labute approximate surface area is 161 Å². The van der Waals surface area contributed by atoms with Crippen molar-refractivity contribution < 1.29 is 14.3 Å². The normalized spacial score (nSPS) is 17.0. The molecule has 6 nitrogen and oxygen atoms in total. The van der Waals surface area contributed by atoms with Gasteiger partial charge in [0.1, 0.15) is 5.75 Å². The van der Waals surface area contributed by atoms with Crippen molar-refractivity contribution >= 4 is 40.5 Å². The number of aliphatic imine (C=N–C) groups is 1. The third kappa shape index (κ3) is 4.77. The quantitative estimate of drug-likeness (QED) is 0.807. The highest BCUT2D eigenvalue weighted by molar-refractivity contribution is 8.18. The summed E-state index contributed by atoms with van der Waals surface area (Å²) in [7, 11) is 1.70. The summed E-state index contributed by atoms with van der Waals surface area (Å²) in [5.41, 5.74) is 7.83. The number of rotatable bonds is 5. The van der Waals surface area contributed by atoms with Gasteiger partial charge in [-0.3, -0.25) is 14.5 Å². The average molecular weight is 381 g/mol. The number of nitrogens with two attached hydrogens (primary N) is 1. The molecular formula is C20H19N3O3S. The van der Waals surface area contributed by atoms with E-state index in [1.807, 2.05) is 37.3 Å². The van der Waals surface area contributed by atoms with Gasteiger partial charge >= 0.3 is 0 Å². The minimum atomic E-state index is -0.543. The molecule has 1 aliphatic rings. The lowest BCUT2D eigenvalue weighted by atomic mass is 10.2. The smallest absolute Gasteiger partial charge is 0.266 e. The van der Waals surface area contributed by atoms with Gasteiger partial charge in [-0.25, -0.2) is 4.99 Å². The zero-order valence-corrected chi connectivity index (χ0v) is 15.8. The molecule has 0 bridgehead atoms. The Morgan fingerprint density at radius 2 is 2.00 bits per heavy atom. The van der Waals surface area contributed by atoms with Crippen molar-refractivity contribution in [1.82, 2.24) is 4.90 Å². The number of amides is 2. The molecule has 138 valence electrons. The molecule has 0 spiro atoms. The summed E-state index contributed by atoms with van der Waals surface area (Å²) in [4.78, 5) is 30.0. The van der Waals surface area contributed by atoms with E-state index in [0.717, 1.165) is 16.8 Å². The largest absolute Gasteiger partial charge is 0.484 e. The molecule has 1 aliphatic heterocycles. The number of carbonyl (C=O) groups is 2. The molecule has 0 radical (unpaired) electrons. The molecule has 1 fully saturated rings. The molecule has 1 saturated heterocycles. The maximum atomic E-state index is 12.5. The van der Waals surface area contributed by atoms with E-state index < -0.39 is 5.91 Å². The fourth-order valence-electron chi connectivity index (χ4n) is 2.38. The Morgan fingerprint density at radius 1 is 1.26 bits per heavy atom. The number of carbonyl (C=O) groups excluding carboxylic acids is 2. The Balaban J connectivity index is 1.81. The number of hydrogen-bond acceptors (Lipinski definition) is 5. The van der Waals surface area contributed by atoms with Crippen LogP contribution in [0.15, 0.2) is 58.4 Å². The molecule has 7 heteroatoms. The van der Waals surface area contributed by atoms with Gasteiger partial charge in [-0.2, -0.15) is 0 Å². The molecule has 2 N–H and O–H groups in total. The topological polar surface area (TPSA) is 85.0 Å². The van der Waals surface area contributed by atoms with Gasteiger partial charge in [-0.1, -0.05) is 29.8 Å². The summed E-state index contributed by atoms with van der Waals surface area (Å²) >= 11 is 1.32. The van der Waals surface area contributed by atoms with Crippen molar-refractivity contribution in [2.45, 2.75) is 6.92 Å². The number of amidine groups is 1. The van der Waals surface area contributed by atoms with E-state index in [1.165, 1.54) is 16.7 Å². The number of benzene rings is 2. The summed E-state index contributed by atoms with van der Waals surface area (Å²) < 4.78 is 5.30. The number of hydrogen-bond donors (Lipinski definition) is 1. The molecule has 2 amide bonds. The fraction of sp³-hybridized carbons (Fsp3) is 0.150. The van der Waals surface area contributed by atoms with Gasteiger partial charge in [-0.15, -0.1) is 0 Å². The second-order valence-electron chi connectivity index (χ2n) is 6.03. The molecule has 0 aliphatic carbocycles. The van der Waals surface area contributed by atoms with Crippen LogP contribution < -0.4 is 10.5 Å². The van der Waals surface area contributed by atoms with Gasteiger partial charge in [0.25, 0.3) is 11.8 Å². The van der Waals surface area contributed by atoms with E-state index in [-0.39, 0.29) is 12.5 Å². The van der Waals surface area contributed by atoms with Crippen molar-refractivity contribution in [3.63, 3.8) is 0 Å². The monoisotopic (exact) mass is 381 g/mol. The summed E-state index contributed by atoms with van der Waals surface area (Å²) in [6.45, 7) is 1.82. The van der Waals surface area contributed by atoms with Crippen molar-refractivity contribution in [2.75, 3.05) is 13.7 Å². The van der Waals surface area contributed by atoms with Crippen LogP contribution in [-0.2, 0) is 9.59 Å². The van der Waals surface area contributed by atoms with E-state index in [9.17, 15) is 9.59 Å². The zero-order chi connectivity index (χ0) is 19.4. The third-order valence-corrected chi connectivity index (χ3v) is 4.86. The first kappa shape index (κ1) is 18.7. The minimum absolute atomic E-state index is 0.116. The summed E-state index contributed by atoms with van der Waals surface area (Å²) in [5, 5.41) is 0.622. The van der Waals surface area contributed by atoms with Crippen molar-refractivity contribution in [3.8, 4) is 5.75 Å². The molecule has 0 unspecified atom stereocenters. The van der Waals surface area contributed by atoms with Crippen LogP contribution >= 0.6 is 11.8 Å². The number of primary amides is 1. The van der Waals surface area contributed by atoms with Gasteiger partial charge in [0.15, 0.2) is 11.8 Å². The highest BCUT2D eigenvalue weighted by Gasteiger charge is 2.30. The molecule has 1 heterocycles. The van der Waals surface area contributed by atoms with E-state index in [0.29, 0.717) is 15.8 Å². The number of ether oxygens (including phenoxy) is 1. The summed E-state index contributed by atoms with van der Waals surface area (Å²) in [6.07, 6.45) is 1.78. The van der Waals surface area contributed by atoms with E-state index in [2.05, 4.69) is 4.99 Å². The molecule has 0 atom stereocenters. The van der Waals surface area contributed by atoms with Crippen molar-refractivity contribution in [3.05, 3.63) is 64.6 Å². The van der Waals surface area contributed by atoms with Crippen LogP contribution in [0, 0.1) is 6.92 Å². The molecule has 0 aromatic heterocycles. The van der Waals surface area contributed by atoms with Crippen LogP contribution in [-0.4, -0.2) is 35.5 Å². The summed E-state index contributed by atoms with van der Waals surface area (Å²) in [6, 6.07) is 14.9. The second-order valence-corrected chi connectivity index (χ2v) is 7.04. The van der Waals surface area contributed by atoms with E-state index in [4.69, 9.17) is 10.5 Å². The zero-order valence-electron chi connectivity index (χ0n) is 15.0. The predicted molar refractivity (Wildman–Crippen MR) is 108 cm³/mol. The molecular weight excluding hydrogens is 362 g/mol. The lowest BCUT2D eigenvalue weighted by molar-refractivity contribution is -0.121. The lowest BCUT2D eigenvalue weighted by Gasteiger charge is -2.07. The lowest BCUT2D eigenvalue weighted by Crippen LogP contribution is -2.23. The van der Waals surface area contributed by atoms with Crippen LogP contribution in [0.1, 0.15) is 11.1 Å². The first-order valence-electron chi connectivity index (χ1n) is 8.26. The molecule has 2 aromatic carbocycles. The van der Waals surface area contributed by atoms with Crippen LogP contribution in [0.4, 0.5) is 5.69 Å². The minimum Gasteiger partial charge on any atom is -0.484 e. The number of nitrogens with zero attached hydrogens (tertiary/aromatic N) is 2. The van der Waals surface area contributed by atoms with Crippen LogP contribution in [0.5, 0.6) is 5.75 Å². The van der Waals surface area contributed by atoms with Gasteiger partial charge in [0.2, 0.25) is 0 Å². The second kappa shape index (κ2) is 8.09. The van der Waals surface area contributed by atoms with Crippen LogP contribution in [0.25, 0.3) is 6.08 Å². The van der Waals surface area contributed by atoms with Gasteiger partial charge in [0, 0.05) is 7.05 Å². The van der Waals surface area contributed by atoms with Crippen molar-refractivity contribution in [1.29, 1.82) is 0 Å². The third-order valence-electron chi connectivity index (χ3n) is 3.80. The molecule has 2 aromatic rings. The Hall–Kier alpha value is -3.06. The number of thioether (sulfide) groups is 1. The Bertz CT molecular complexity index is 936. The highest BCUT2D eigenvalue weighted by Crippen LogP contribution is 2.33. The molecule has 27 heavy (non-hydrogen) atoms. The standard InChI is InChI=1S/C20H19N3O3S/c1-13-6-8-15(9-7-13)22-20-23(2)19(25)17(27-20)11-14-4-3-5-16(10-14)26-12-18(21)24/h3-11H,12H2,1-2H3,(H2,21,24)/b17-11+,22-20?. The predicted octanol–water partition coefficient (Wildman–Crippen LogP) is 3.09. The first-order chi connectivity index (χ1) is 12.9. The van der Waals surface area contributed by atoms with Gasteiger partial charge in [-0.05, 0) is 54.6 Å². The van der Waals surface area contributed by atoms with Crippen LogP contribution in [0.3, 0.4) is 0 Å². The average Bonchev–Trinajstić information content (AvgIpc) is 2.90. The summed E-state index contributed by atoms with van der Waals surface area (Å²) in [5.74, 6) is -0.145.